The van der Waals surface area contributed by atoms with E-state index in [-0.39, 0.29) is 12.8 Å². The van der Waals surface area contributed by atoms with Crippen molar-refractivity contribution < 1.29 is 19.8 Å². The van der Waals surface area contributed by atoms with Crippen molar-refractivity contribution in [2.24, 2.45) is 15.9 Å². The molecule has 0 spiro atoms. The van der Waals surface area contributed by atoms with Crippen molar-refractivity contribution in [3.8, 4) is 0 Å². The lowest BCUT2D eigenvalue weighted by Gasteiger charge is -2.45. The second-order valence-electron chi connectivity index (χ2n) is 5.64. The molecule has 1 aliphatic rings. The third kappa shape index (κ3) is 2.29. The fourth-order valence-corrected chi connectivity index (χ4v) is 2.52. The lowest BCUT2D eigenvalue weighted by atomic mass is 9.58. The molecule has 0 fully saturated rings. The molecule has 0 aromatic heterocycles. The number of azide groups is 1. The van der Waals surface area contributed by atoms with Crippen LogP contribution >= 0.6 is 0 Å². The molecule has 0 aromatic rings. The largest absolute Gasteiger partial charge is 0.481 e. The van der Waals surface area contributed by atoms with Crippen molar-refractivity contribution >= 4 is 11.9 Å². The van der Waals surface area contributed by atoms with E-state index in [1.165, 1.54) is 26.8 Å². The predicted molar refractivity (Wildman–Crippen MR) is 67.4 cm³/mol. The Labute approximate surface area is 110 Å². The zero-order chi connectivity index (χ0) is 14.9. The summed E-state index contributed by atoms with van der Waals surface area (Å²) in [5, 5.41) is 22.4. The Kier molecular flexibility index (Phi) is 3.63. The number of carbonyl (C=O) groups is 2. The van der Waals surface area contributed by atoms with Gasteiger partial charge in [-0.1, -0.05) is 31.1 Å². The van der Waals surface area contributed by atoms with Crippen LogP contribution in [0, 0.1) is 10.8 Å². The number of carboxylic acids is 2. The van der Waals surface area contributed by atoms with E-state index in [0.29, 0.717) is 0 Å². The molecule has 0 aromatic carbocycles. The molecule has 0 saturated carbocycles. The minimum Gasteiger partial charge on any atom is -0.481 e. The zero-order valence-electron chi connectivity index (χ0n) is 11.1. The van der Waals surface area contributed by atoms with E-state index < -0.39 is 28.3 Å². The van der Waals surface area contributed by atoms with Crippen molar-refractivity contribution in [2.45, 2.75) is 39.2 Å². The van der Waals surface area contributed by atoms with Gasteiger partial charge in [0, 0.05) is 4.91 Å². The third-order valence-electron chi connectivity index (χ3n) is 3.98. The summed E-state index contributed by atoms with van der Waals surface area (Å²) < 4.78 is 0. The predicted octanol–water partition coefficient (Wildman–Crippen LogP) is 2.59. The molecule has 0 heterocycles. The molecular formula is C12H17N3O4. The quantitative estimate of drug-likeness (QED) is 0.351. The monoisotopic (exact) mass is 267 g/mol. The lowest BCUT2D eigenvalue weighted by molar-refractivity contribution is -0.159. The Bertz CT molecular complexity index is 493. The van der Waals surface area contributed by atoms with Gasteiger partial charge in [-0.25, -0.2) is 0 Å². The van der Waals surface area contributed by atoms with Crippen molar-refractivity contribution in [3.63, 3.8) is 0 Å². The Morgan fingerprint density at radius 1 is 1.37 bits per heavy atom. The summed E-state index contributed by atoms with van der Waals surface area (Å²) >= 11 is 0. The van der Waals surface area contributed by atoms with E-state index in [0.717, 1.165) is 0 Å². The van der Waals surface area contributed by atoms with Gasteiger partial charge in [-0.05, 0) is 25.3 Å². The van der Waals surface area contributed by atoms with Gasteiger partial charge in [0.05, 0.1) is 16.4 Å². The molecule has 0 amide bonds. The SMILES string of the molecule is CC1(C(=O)O)C=CCC(C(=O)O)(C(C)(C)N=[N+]=[N-])C1. The first-order valence-corrected chi connectivity index (χ1v) is 5.82. The van der Waals surface area contributed by atoms with Crippen LogP contribution in [0.25, 0.3) is 10.4 Å². The minimum absolute atomic E-state index is 0.118. The molecule has 2 N–H and O–H groups in total. The summed E-state index contributed by atoms with van der Waals surface area (Å²) in [6.45, 7) is 4.50. The highest BCUT2D eigenvalue weighted by Gasteiger charge is 2.56. The second kappa shape index (κ2) is 4.59. The molecule has 0 bridgehead atoms. The van der Waals surface area contributed by atoms with Gasteiger partial charge in [-0.2, -0.15) is 0 Å². The van der Waals surface area contributed by atoms with Crippen molar-refractivity contribution in [3.05, 3.63) is 22.6 Å². The summed E-state index contributed by atoms with van der Waals surface area (Å²) in [6, 6.07) is 0. The number of hydrogen-bond donors (Lipinski definition) is 2. The van der Waals surface area contributed by atoms with Gasteiger partial charge in [0.2, 0.25) is 0 Å². The normalized spacial score (nSPS) is 30.5. The number of allylic oxidation sites excluding steroid dienone is 1. The Morgan fingerprint density at radius 2 is 1.95 bits per heavy atom. The molecule has 0 aliphatic heterocycles. The topological polar surface area (TPSA) is 123 Å². The fourth-order valence-electron chi connectivity index (χ4n) is 2.52. The maximum Gasteiger partial charge on any atom is 0.313 e. The van der Waals surface area contributed by atoms with Gasteiger partial charge in [0.25, 0.3) is 0 Å². The van der Waals surface area contributed by atoms with Gasteiger partial charge in [-0.3, -0.25) is 9.59 Å². The lowest BCUT2D eigenvalue weighted by Crippen LogP contribution is -2.53. The molecule has 0 radical (unpaired) electrons. The number of hydrogen-bond acceptors (Lipinski definition) is 3. The highest BCUT2D eigenvalue weighted by atomic mass is 16.4. The van der Waals surface area contributed by atoms with Gasteiger partial charge in [-0.15, -0.1) is 0 Å². The Morgan fingerprint density at radius 3 is 2.37 bits per heavy atom. The Balaban J connectivity index is 3.40. The first-order chi connectivity index (χ1) is 8.61. The summed E-state index contributed by atoms with van der Waals surface area (Å²) in [7, 11) is 0. The maximum atomic E-state index is 11.7. The molecule has 7 nitrogen and oxygen atoms in total. The van der Waals surface area contributed by atoms with E-state index in [1.54, 1.807) is 6.08 Å². The van der Waals surface area contributed by atoms with E-state index >= 15 is 0 Å². The van der Waals surface area contributed by atoms with E-state index in [4.69, 9.17) is 5.53 Å². The number of aliphatic carboxylic acids is 2. The van der Waals surface area contributed by atoms with Gasteiger partial charge in [0.15, 0.2) is 0 Å². The molecule has 1 rings (SSSR count). The average Bonchev–Trinajstić information content (AvgIpc) is 2.28. The van der Waals surface area contributed by atoms with Gasteiger partial charge >= 0.3 is 11.9 Å². The highest BCUT2D eigenvalue weighted by Crippen LogP contribution is 2.50. The molecule has 7 heteroatoms. The number of rotatable bonds is 4. The van der Waals surface area contributed by atoms with E-state index in [2.05, 4.69) is 10.0 Å². The van der Waals surface area contributed by atoms with Crippen LogP contribution in [0.5, 0.6) is 0 Å². The highest BCUT2D eigenvalue weighted by molar-refractivity contribution is 5.82. The summed E-state index contributed by atoms with van der Waals surface area (Å²) in [6.07, 6.45) is 3.06. The number of nitrogens with zero attached hydrogens (tertiary/aromatic N) is 3. The maximum absolute atomic E-state index is 11.7. The average molecular weight is 267 g/mol. The molecule has 2 unspecified atom stereocenters. The van der Waals surface area contributed by atoms with Crippen LogP contribution in [0.1, 0.15) is 33.6 Å². The first-order valence-electron chi connectivity index (χ1n) is 5.82. The van der Waals surface area contributed by atoms with Crippen LogP contribution in [0.15, 0.2) is 17.3 Å². The molecule has 1 aliphatic carbocycles. The molecule has 104 valence electrons. The summed E-state index contributed by atoms with van der Waals surface area (Å²) in [5.74, 6) is -2.24. The van der Waals surface area contributed by atoms with Crippen LogP contribution < -0.4 is 0 Å². The molecule has 19 heavy (non-hydrogen) atoms. The molecular weight excluding hydrogens is 250 g/mol. The standard InChI is InChI=1S/C12H17N3O4/c1-10(2,14-15-13)12(9(18)19)6-4-5-11(3,7-12)8(16)17/h4-5H,6-7H2,1-3H3,(H,16,17)(H,18,19). The van der Waals surface area contributed by atoms with Crippen molar-refractivity contribution in [2.75, 3.05) is 0 Å². The van der Waals surface area contributed by atoms with Crippen molar-refractivity contribution in [1.82, 2.24) is 0 Å². The van der Waals surface area contributed by atoms with Crippen LogP contribution in [0.3, 0.4) is 0 Å². The third-order valence-corrected chi connectivity index (χ3v) is 3.98. The van der Waals surface area contributed by atoms with Gasteiger partial charge < -0.3 is 10.2 Å². The van der Waals surface area contributed by atoms with Crippen LogP contribution in [0.2, 0.25) is 0 Å². The summed E-state index contributed by atoms with van der Waals surface area (Å²) in [4.78, 5) is 25.7. The Hall–Kier alpha value is -2.01. The van der Waals surface area contributed by atoms with E-state index in [9.17, 15) is 19.8 Å². The molecule has 2 atom stereocenters. The zero-order valence-corrected chi connectivity index (χ0v) is 11.1. The fraction of sp³-hybridized carbons (Fsp3) is 0.667. The van der Waals surface area contributed by atoms with E-state index in [1.807, 2.05) is 0 Å². The van der Waals surface area contributed by atoms with Crippen LogP contribution in [-0.4, -0.2) is 27.7 Å². The van der Waals surface area contributed by atoms with Crippen molar-refractivity contribution in [1.29, 1.82) is 0 Å². The minimum atomic E-state index is -1.43. The summed E-state index contributed by atoms with van der Waals surface area (Å²) in [5.41, 5.74) is 4.66. The van der Waals surface area contributed by atoms with Gasteiger partial charge in [0.1, 0.15) is 0 Å². The number of carboxylic acid groups (broad SMARTS) is 2. The smallest absolute Gasteiger partial charge is 0.313 e. The second-order valence-corrected chi connectivity index (χ2v) is 5.64. The first kappa shape index (κ1) is 15.0. The van der Waals surface area contributed by atoms with Crippen LogP contribution in [0.4, 0.5) is 0 Å². The molecule has 0 saturated heterocycles. The van der Waals surface area contributed by atoms with Crippen LogP contribution in [-0.2, 0) is 9.59 Å².